The summed E-state index contributed by atoms with van der Waals surface area (Å²) in [6.45, 7) is 4.19. The molecule has 0 aromatic carbocycles. The molecule has 3 atom stereocenters. The molecule has 2 fully saturated rings. The molecule has 2 N–H and O–H groups in total. The van der Waals surface area contributed by atoms with Crippen molar-refractivity contribution in [3.05, 3.63) is 0 Å². The fraction of sp³-hybridized carbons (Fsp3) is 0.923. The quantitative estimate of drug-likeness (QED) is 0.766. The summed E-state index contributed by atoms with van der Waals surface area (Å²) in [7, 11) is 0. The Labute approximate surface area is 98.4 Å². The van der Waals surface area contributed by atoms with E-state index in [4.69, 9.17) is 0 Å². The van der Waals surface area contributed by atoms with Gasteiger partial charge in [-0.1, -0.05) is 26.2 Å². The summed E-state index contributed by atoms with van der Waals surface area (Å²) in [5.74, 6) is 1.73. The monoisotopic (exact) mass is 224 g/mol. The lowest BCUT2D eigenvalue weighted by atomic mass is 9.98. The fourth-order valence-corrected chi connectivity index (χ4v) is 2.96. The van der Waals surface area contributed by atoms with Crippen molar-refractivity contribution >= 4 is 5.91 Å². The van der Waals surface area contributed by atoms with Crippen LogP contribution in [0.4, 0.5) is 0 Å². The van der Waals surface area contributed by atoms with Gasteiger partial charge in [-0.3, -0.25) is 4.79 Å². The largest absolute Gasteiger partial charge is 0.354 e. The second-order valence-electron chi connectivity index (χ2n) is 5.42. The molecular weight excluding hydrogens is 200 g/mol. The molecule has 0 bridgehead atoms. The maximum absolute atomic E-state index is 11.9. The predicted octanol–water partition coefficient (Wildman–Crippen LogP) is 1.68. The third kappa shape index (κ3) is 2.97. The van der Waals surface area contributed by atoms with Crippen molar-refractivity contribution in [3.63, 3.8) is 0 Å². The summed E-state index contributed by atoms with van der Waals surface area (Å²) in [5.41, 5.74) is 0. The maximum atomic E-state index is 11.9. The average molecular weight is 224 g/mol. The predicted molar refractivity (Wildman–Crippen MR) is 65.2 cm³/mol. The van der Waals surface area contributed by atoms with E-state index in [1.807, 2.05) is 0 Å². The Balaban J connectivity index is 1.70. The number of rotatable bonds is 3. The van der Waals surface area contributed by atoms with Crippen LogP contribution in [0.1, 0.15) is 45.4 Å². The second kappa shape index (κ2) is 5.67. The van der Waals surface area contributed by atoms with Gasteiger partial charge < -0.3 is 10.6 Å². The van der Waals surface area contributed by atoms with Gasteiger partial charge in [-0.05, 0) is 37.6 Å². The van der Waals surface area contributed by atoms with Crippen molar-refractivity contribution in [1.82, 2.24) is 10.6 Å². The zero-order chi connectivity index (χ0) is 11.4. The van der Waals surface area contributed by atoms with Gasteiger partial charge in [-0.25, -0.2) is 0 Å². The van der Waals surface area contributed by atoms with Gasteiger partial charge in [-0.15, -0.1) is 0 Å². The summed E-state index contributed by atoms with van der Waals surface area (Å²) < 4.78 is 0. The highest BCUT2D eigenvalue weighted by Gasteiger charge is 2.25. The zero-order valence-corrected chi connectivity index (χ0v) is 10.3. The number of carbonyl (C=O) groups is 1. The molecule has 3 nitrogen and oxygen atoms in total. The molecule has 2 aliphatic rings. The SMILES string of the molecule is CC1CCCC1CNC(=O)C1CCCCN1. The number of nitrogens with one attached hydrogen (secondary N) is 2. The van der Waals surface area contributed by atoms with Crippen molar-refractivity contribution in [2.24, 2.45) is 11.8 Å². The second-order valence-corrected chi connectivity index (χ2v) is 5.42. The first-order chi connectivity index (χ1) is 7.77. The molecule has 1 saturated heterocycles. The normalized spacial score (nSPS) is 34.9. The Morgan fingerprint density at radius 3 is 2.75 bits per heavy atom. The minimum absolute atomic E-state index is 0.0745. The molecule has 92 valence electrons. The highest BCUT2D eigenvalue weighted by molar-refractivity contribution is 5.81. The molecule has 1 heterocycles. The smallest absolute Gasteiger partial charge is 0.237 e. The summed E-state index contributed by atoms with van der Waals surface area (Å²) in [4.78, 5) is 11.9. The summed E-state index contributed by atoms with van der Waals surface area (Å²) in [5, 5.41) is 6.42. The van der Waals surface area contributed by atoms with Crippen LogP contribution in [-0.2, 0) is 4.79 Å². The van der Waals surface area contributed by atoms with Gasteiger partial charge in [0.2, 0.25) is 5.91 Å². The third-order valence-corrected chi connectivity index (χ3v) is 4.20. The first-order valence-corrected chi connectivity index (χ1v) is 6.78. The lowest BCUT2D eigenvalue weighted by Crippen LogP contribution is -2.47. The van der Waals surface area contributed by atoms with E-state index in [1.165, 1.54) is 32.1 Å². The van der Waals surface area contributed by atoms with E-state index in [1.54, 1.807) is 0 Å². The Kier molecular flexibility index (Phi) is 4.22. The van der Waals surface area contributed by atoms with Crippen LogP contribution >= 0.6 is 0 Å². The van der Waals surface area contributed by atoms with E-state index < -0.39 is 0 Å². The number of hydrogen-bond donors (Lipinski definition) is 2. The van der Waals surface area contributed by atoms with Gasteiger partial charge in [0.05, 0.1) is 6.04 Å². The van der Waals surface area contributed by atoms with Crippen molar-refractivity contribution < 1.29 is 4.79 Å². The topological polar surface area (TPSA) is 41.1 Å². The molecule has 3 heteroatoms. The van der Waals surface area contributed by atoms with E-state index in [0.29, 0.717) is 5.92 Å². The van der Waals surface area contributed by atoms with Crippen molar-refractivity contribution in [2.75, 3.05) is 13.1 Å². The van der Waals surface area contributed by atoms with Crippen LogP contribution in [0.15, 0.2) is 0 Å². The number of amides is 1. The van der Waals surface area contributed by atoms with Crippen LogP contribution in [0.3, 0.4) is 0 Å². The Hall–Kier alpha value is -0.570. The Bertz CT molecular complexity index is 236. The molecule has 0 aromatic rings. The van der Waals surface area contributed by atoms with Crippen LogP contribution in [0.5, 0.6) is 0 Å². The van der Waals surface area contributed by atoms with E-state index in [9.17, 15) is 4.79 Å². The van der Waals surface area contributed by atoms with Crippen LogP contribution < -0.4 is 10.6 Å². The summed E-state index contributed by atoms with van der Waals surface area (Å²) in [6, 6.07) is 0.0745. The third-order valence-electron chi connectivity index (χ3n) is 4.20. The van der Waals surface area contributed by atoms with Crippen molar-refractivity contribution in [2.45, 2.75) is 51.5 Å². The maximum Gasteiger partial charge on any atom is 0.237 e. The molecular formula is C13H24N2O. The number of hydrogen-bond acceptors (Lipinski definition) is 2. The molecule has 16 heavy (non-hydrogen) atoms. The number of carbonyl (C=O) groups excluding carboxylic acids is 1. The van der Waals surface area contributed by atoms with Crippen LogP contribution in [-0.4, -0.2) is 25.0 Å². The van der Waals surface area contributed by atoms with Gasteiger partial charge in [-0.2, -0.15) is 0 Å². The first-order valence-electron chi connectivity index (χ1n) is 6.78. The van der Waals surface area contributed by atoms with E-state index in [2.05, 4.69) is 17.6 Å². The van der Waals surface area contributed by atoms with E-state index in [-0.39, 0.29) is 11.9 Å². The summed E-state index contributed by atoms with van der Waals surface area (Å²) >= 11 is 0. The van der Waals surface area contributed by atoms with Crippen LogP contribution in [0, 0.1) is 11.8 Å². The highest BCUT2D eigenvalue weighted by atomic mass is 16.2. The van der Waals surface area contributed by atoms with E-state index >= 15 is 0 Å². The van der Waals surface area contributed by atoms with Crippen LogP contribution in [0.25, 0.3) is 0 Å². The van der Waals surface area contributed by atoms with Gasteiger partial charge in [0.25, 0.3) is 0 Å². The molecule has 0 aromatic heterocycles. The molecule has 2 rings (SSSR count). The lowest BCUT2D eigenvalue weighted by molar-refractivity contribution is -0.123. The molecule has 1 amide bonds. The highest BCUT2D eigenvalue weighted by Crippen LogP contribution is 2.30. The van der Waals surface area contributed by atoms with Gasteiger partial charge >= 0.3 is 0 Å². The Morgan fingerprint density at radius 2 is 2.12 bits per heavy atom. The minimum Gasteiger partial charge on any atom is -0.354 e. The molecule has 1 aliphatic carbocycles. The molecule has 3 unspecified atom stereocenters. The first kappa shape index (κ1) is 11.9. The zero-order valence-electron chi connectivity index (χ0n) is 10.3. The average Bonchev–Trinajstić information content (AvgIpc) is 2.73. The van der Waals surface area contributed by atoms with Crippen LogP contribution in [0.2, 0.25) is 0 Å². The van der Waals surface area contributed by atoms with Gasteiger partial charge in [0, 0.05) is 6.54 Å². The van der Waals surface area contributed by atoms with Crippen molar-refractivity contribution in [1.29, 1.82) is 0 Å². The number of piperidine rings is 1. The molecule has 0 spiro atoms. The molecule has 0 radical (unpaired) electrons. The fourth-order valence-electron chi connectivity index (χ4n) is 2.96. The standard InChI is InChI=1S/C13H24N2O/c1-10-5-4-6-11(10)9-15-13(16)12-7-2-3-8-14-12/h10-12,14H,2-9H2,1H3,(H,15,16). The van der Waals surface area contributed by atoms with Crippen molar-refractivity contribution in [3.8, 4) is 0 Å². The Morgan fingerprint density at radius 1 is 1.25 bits per heavy atom. The summed E-state index contributed by atoms with van der Waals surface area (Å²) in [6.07, 6.45) is 7.37. The minimum atomic E-state index is 0.0745. The molecule has 1 aliphatic heterocycles. The lowest BCUT2D eigenvalue weighted by Gasteiger charge is -2.24. The van der Waals surface area contributed by atoms with E-state index in [0.717, 1.165) is 25.4 Å². The molecule has 1 saturated carbocycles. The van der Waals surface area contributed by atoms with Gasteiger partial charge in [0.1, 0.15) is 0 Å². The van der Waals surface area contributed by atoms with Gasteiger partial charge in [0.15, 0.2) is 0 Å².